The first-order valence-corrected chi connectivity index (χ1v) is 7.90. The summed E-state index contributed by atoms with van der Waals surface area (Å²) < 4.78 is 0. The van der Waals surface area contributed by atoms with Crippen LogP contribution in [0.1, 0.15) is 63.9 Å². The fourth-order valence-electron chi connectivity index (χ4n) is 2.92. The Bertz CT molecular complexity index is 517. The average Bonchev–Trinajstić information content (AvgIpc) is 2.74. The standard InChI is InChI=1S/C18H24N2O/c1-14(2)15-7-9-16(10-8-15)20-17(21)18(13-19)11-5-3-4-6-12-18/h7-10,14H,3-6,11-12H2,1-2H3,(H,20,21). The molecular weight excluding hydrogens is 260 g/mol. The van der Waals surface area contributed by atoms with Gasteiger partial charge < -0.3 is 5.32 Å². The number of hydrogen-bond acceptors (Lipinski definition) is 2. The number of anilines is 1. The van der Waals surface area contributed by atoms with Gasteiger partial charge in [0.1, 0.15) is 5.41 Å². The summed E-state index contributed by atoms with van der Waals surface area (Å²) in [5.74, 6) is 0.339. The van der Waals surface area contributed by atoms with Gasteiger partial charge in [0.2, 0.25) is 5.91 Å². The Morgan fingerprint density at radius 1 is 1.14 bits per heavy atom. The van der Waals surface area contributed by atoms with Crippen LogP contribution in [0, 0.1) is 16.7 Å². The van der Waals surface area contributed by atoms with Crippen LogP contribution in [-0.2, 0) is 4.79 Å². The van der Waals surface area contributed by atoms with E-state index in [9.17, 15) is 10.1 Å². The molecule has 0 atom stereocenters. The van der Waals surface area contributed by atoms with E-state index in [2.05, 4.69) is 25.2 Å². The molecule has 0 unspecified atom stereocenters. The molecule has 0 spiro atoms. The Labute approximate surface area is 127 Å². The third kappa shape index (κ3) is 3.64. The van der Waals surface area contributed by atoms with E-state index in [0.29, 0.717) is 18.8 Å². The van der Waals surface area contributed by atoms with Gasteiger partial charge in [0, 0.05) is 5.69 Å². The smallest absolute Gasteiger partial charge is 0.244 e. The summed E-state index contributed by atoms with van der Waals surface area (Å²) in [7, 11) is 0. The normalized spacial score (nSPS) is 17.8. The largest absolute Gasteiger partial charge is 0.325 e. The number of nitrogens with one attached hydrogen (secondary N) is 1. The average molecular weight is 284 g/mol. The summed E-state index contributed by atoms with van der Waals surface area (Å²) in [6.07, 6.45) is 5.54. The second-order valence-corrected chi connectivity index (χ2v) is 6.34. The Morgan fingerprint density at radius 3 is 2.19 bits per heavy atom. The minimum absolute atomic E-state index is 0.135. The van der Waals surface area contributed by atoms with Gasteiger partial charge in [-0.25, -0.2) is 0 Å². The lowest BCUT2D eigenvalue weighted by molar-refractivity contribution is -0.123. The molecule has 21 heavy (non-hydrogen) atoms. The zero-order chi connectivity index (χ0) is 15.3. The first-order valence-electron chi connectivity index (χ1n) is 7.90. The molecule has 3 nitrogen and oxygen atoms in total. The van der Waals surface area contributed by atoms with Crippen molar-refractivity contribution in [2.75, 3.05) is 5.32 Å². The molecule has 1 aliphatic rings. The summed E-state index contributed by atoms with van der Waals surface area (Å²) in [5.41, 5.74) is 1.19. The van der Waals surface area contributed by atoms with E-state index in [-0.39, 0.29) is 5.91 Å². The van der Waals surface area contributed by atoms with Gasteiger partial charge in [-0.3, -0.25) is 4.79 Å². The van der Waals surface area contributed by atoms with Crippen LogP contribution in [0.15, 0.2) is 24.3 Å². The van der Waals surface area contributed by atoms with Crippen LogP contribution in [0.3, 0.4) is 0 Å². The van der Waals surface area contributed by atoms with Gasteiger partial charge in [0.05, 0.1) is 6.07 Å². The lowest BCUT2D eigenvalue weighted by Crippen LogP contribution is -2.34. The van der Waals surface area contributed by atoms with Gasteiger partial charge in [-0.2, -0.15) is 5.26 Å². The Morgan fingerprint density at radius 2 is 1.71 bits per heavy atom. The molecule has 0 aliphatic heterocycles. The van der Waals surface area contributed by atoms with Gasteiger partial charge in [0.15, 0.2) is 0 Å². The number of carbonyl (C=O) groups excluding carboxylic acids is 1. The molecule has 1 saturated carbocycles. The van der Waals surface area contributed by atoms with Crippen molar-refractivity contribution in [1.82, 2.24) is 0 Å². The maximum Gasteiger partial charge on any atom is 0.244 e. The summed E-state index contributed by atoms with van der Waals surface area (Å²) in [6.45, 7) is 4.29. The molecule has 1 amide bonds. The van der Waals surface area contributed by atoms with E-state index in [0.717, 1.165) is 31.4 Å². The molecule has 3 heteroatoms. The Hall–Kier alpha value is -1.82. The Balaban J connectivity index is 2.10. The molecule has 112 valence electrons. The van der Waals surface area contributed by atoms with Crippen molar-refractivity contribution >= 4 is 11.6 Å². The number of rotatable bonds is 3. The minimum Gasteiger partial charge on any atom is -0.325 e. The molecule has 1 aromatic carbocycles. The quantitative estimate of drug-likeness (QED) is 0.824. The second-order valence-electron chi connectivity index (χ2n) is 6.34. The van der Waals surface area contributed by atoms with Crippen molar-refractivity contribution in [3.63, 3.8) is 0 Å². The summed E-state index contributed by atoms with van der Waals surface area (Å²) in [5, 5.41) is 12.5. The predicted molar refractivity (Wildman–Crippen MR) is 84.9 cm³/mol. The van der Waals surface area contributed by atoms with Crippen molar-refractivity contribution < 1.29 is 4.79 Å². The summed E-state index contributed by atoms with van der Waals surface area (Å²) in [6, 6.07) is 10.2. The molecule has 0 aromatic heterocycles. The number of benzene rings is 1. The highest BCUT2D eigenvalue weighted by atomic mass is 16.2. The van der Waals surface area contributed by atoms with E-state index in [1.807, 2.05) is 24.3 Å². The van der Waals surface area contributed by atoms with Gasteiger partial charge >= 0.3 is 0 Å². The summed E-state index contributed by atoms with van der Waals surface area (Å²) >= 11 is 0. The van der Waals surface area contributed by atoms with E-state index >= 15 is 0 Å². The molecule has 1 aromatic rings. The molecule has 0 heterocycles. The van der Waals surface area contributed by atoms with Crippen molar-refractivity contribution in [2.45, 2.75) is 58.3 Å². The molecule has 0 saturated heterocycles. The van der Waals surface area contributed by atoms with Crippen molar-refractivity contribution in [3.8, 4) is 6.07 Å². The maximum atomic E-state index is 12.6. The number of nitrogens with zero attached hydrogens (tertiary/aromatic N) is 1. The van der Waals surface area contributed by atoms with Crippen LogP contribution >= 0.6 is 0 Å². The third-order valence-electron chi connectivity index (χ3n) is 4.44. The van der Waals surface area contributed by atoms with Gasteiger partial charge in [-0.15, -0.1) is 0 Å². The molecule has 1 aliphatic carbocycles. The van der Waals surface area contributed by atoms with E-state index in [1.54, 1.807) is 0 Å². The van der Waals surface area contributed by atoms with Crippen molar-refractivity contribution in [3.05, 3.63) is 29.8 Å². The minimum atomic E-state index is -0.840. The number of amides is 1. The molecule has 0 bridgehead atoms. The van der Waals surface area contributed by atoms with Crippen molar-refractivity contribution in [2.24, 2.45) is 5.41 Å². The lowest BCUT2D eigenvalue weighted by atomic mass is 9.81. The van der Waals surface area contributed by atoms with Gasteiger partial charge in [0.25, 0.3) is 0 Å². The zero-order valence-corrected chi connectivity index (χ0v) is 13.0. The van der Waals surface area contributed by atoms with Crippen LogP contribution in [0.25, 0.3) is 0 Å². The highest BCUT2D eigenvalue weighted by molar-refractivity contribution is 5.97. The first-order chi connectivity index (χ1) is 10.1. The lowest BCUT2D eigenvalue weighted by Gasteiger charge is -2.23. The van der Waals surface area contributed by atoms with Crippen LogP contribution in [0.4, 0.5) is 5.69 Å². The van der Waals surface area contributed by atoms with Gasteiger partial charge in [-0.05, 0) is 36.5 Å². The van der Waals surface area contributed by atoms with Crippen LogP contribution in [-0.4, -0.2) is 5.91 Å². The second kappa shape index (κ2) is 6.76. The monoisotopic (exact) mass is 284 g/mol. The molecule has 2 rings (SSSR count). The maximum absolute atomic E-state index is 12.6. The molecular formula is C18H24N2O. The molecule has 1 fully saturated rings. The zero-order valence-electron chi connectivity index (χ0n) is 13.0. The highest BCUT2D eigenvalue weighted by Crippen LogP contribution is 2.35. The van der Waals surface area contributed by atoms with Crippen LogP contribution < -0.4 is 5.32 Å². The van der Waals surface area contributed by atoms with Gasteiger partial charge in [-0.1, -0.05) is 51.7 Å². The topological polar surface area (TPSA) is 52.9 Å². The van der Waals surface area contributed by atoms with E-state index < -0.39 is 5.41 Å². The summed E-state index contributed by atoms with van der Waals surface area (Å²) in [4.78, 5) is 12.6. The number of hydrogen-bond donors (Lipinski definition) is 1. The Kier molecular flexibility index (Phi) is 5.01. The fraction of sp³-hybridized carbons (Fsp3) is 0.556. The van der Waals surface area contributed by atoms with E-state index in [4.69, 9.17) is 0 Å². The molecule has 0 radical (unpaired) electrons. The van der Waals surface area contributed by atoms with E-state index in [1.165, 1.54) is 5.56 Å². The highest BCUT2D eigenvalue weighted by Gasteiger charge is 2.38. The van der Waals surface area contributed by atoms with Crippen LogP contribution in [0.5, 0.6) is 0 Å². The fourth-order valence-corrected chi connectivity index (χ4v) is 2.92. The van der Waals surface area contributed by atoms with Crippen molar-refractivity contribution in [1.29, 1.82) is 5.26 Å². The number of nitriles is 1. The third-order valence-corrected chi connectivity index (χ3v) is 4.44. The van der Waals surface area contributed by atoms with Crippen LogP contribution in [0.2, 0.25) is 0 Å². The first kappa shape index (κ1) is 15.6. The SMILES string of the molecule is CC(C)c1ccc(NC(=O)C2(C#N)CCCCCC2)cc1. The number of carbonyl (C=O) groups is 1. The molecule has 1 N–H and O–H groups in total. The predicted octanol–water partition coefficient (Wildman–Crippen LogP) is 4.61.